The van der Waals surface area contributed by atoms with E-state index in [1.807, 2.05) is 32.0 Å². The molecule has 8 heteroatoms. The lowest BCUT2D eigenvalue weighted by atomic mass is 10.1. The van der Waals surface area contributed by atoms with Gasteiger partial charge in [0.1, 0.15) is 5.82 Å². The number of hydrogen-bond donors (Lipinski definition) is 1. The van der Waals surface area contributed by atoms with E-state index in [1.54, 1.807) is 12.1 Å². The lowest BCUT2D eigenvalue weighted by Gasteiger charge is -2.09. The summed E-state index contributed by atoms with van der Waals surface area (Å²) in [4.78, 5) is 12.2. The molecule has 0 unspecified atom stereocenters. The fraction of sp³-hybridized carbons (Fsp3) is 0.176. The number of aromatic nitrogens is 4. The molecule has 1 N–H and O–H groups in total. The molecule has 3 aromatic rings. The van der Waals surface area contributed by atoms with Crippen LogP contribution in [0.3, 0.4) is 0 Å². The zero-order valence-corrected chi connectivity index (χ0v) is 14.5. The van der Waals surface area contributed by atoms with Crippen molar-refractivity contribution in [2.24, 2.45) is 0 Å². The Labute approximate surface area is 148 Å². The summed E-state index contributed by atoms with van der Waals surface area (Å²) >= 11 is 1.18. The van der Waals surface area contributed by atoms with Crippen molar-refractivity contribution in [2.45, 2.75) is 19.0 Å². The molecule has 0 aliphatic heterocycles. The van der Waals surface area contributed by atoms with Gasteiger partial charge in [-0.3, -0.25) is 4.79 Å². The number of tetrazole rings is 1. The second-order valence-corrected chi connectivity index (χ2v) is 6.45. The van der Waals surface area contributed by atoms with Gasteiger partial charge in [-0.2, -0.15) is 4.68 Å². The molecule has 1 aromatic heterocycles. The molecule has 0 spiro atoms. The number of benzene rings is 2. The van der Waals surface area contributed by atoms with Crippen LogP contribution >= 0.6 is 11.8 Å². The van der Waals surface area contributed by atoms with Gasteiger partial charge in [-0.1, -0.05) is 35.5 Å². The van der Waals surface area contributed by atoms with Gasteiger partial charge in [0, 0.05) is 5.69 Å². The molecule has 6 nitrogen and oxygen atoms in total. The Morgan fingerprint density at radius 1 is 1.24 bits per heavy atom. The predicted octanol–water partition coefficient (Wildman–Crippen LogP) is 3.15. The van der Waals surface area contributed by atoms with Crippen LogP contribution in [0.5, 0.6) is 0 Å². The van der Waals surface area contributed by atoms with Crippen LogP contribution in [0.1, 0.15) is 11.1 Å². The number of rotatable bonds is 5. The third kappa shape index (κ3) is 4.21. The zero-order valence-electron chi connectivity index (χ0n) is 13.7. The number of nitrogens with zero attached hydrogens (tertiary/aromatic N) is 4. The molecular weight excluding hydrogens is 341 g/mol. The first-order chi connectivity index (χ1) is 12.0. The number of carbonyl (C=O) groups excluding carboxylic acids is 1. The molecule has 0 saturated carbocycles. The molecule has 2 aromatic carbocycles. The quantitative estimate of drug-likeness (QED) is 0.710. The second kappa shape index (κ2) is 7.43. The summed E-state index contributed by atoms with van der Waals surface area (Å²) in [5.74, 6) is -0.398. The maximum absolute atomic E-state index is 13.4. The summed E-state index contributed by atoms with van der Waals surface area (Å²) < 4.78 is 14.8. The third-order valence-corrected chi connectivity index (χ3v) is 4.40. The van der Waals surface area contributed by atoms with Gasteiger partial charge < -0.3 is 5.32 Å². The topological polar surface area (TPSA) is 72.7 Å². The Bertz CT molecular complexity index is 912. The Morgan fingerprint density at radius 3 is 2.84 bits per heavy atom. The Kier molecular flexibility index (Phi) is 5.08. The van der Waals surface area contributed by atoms with Gasteiger partial charge in [-0.25, -0.2) is 4.39 Å². The van der Waals surface area contributed by atoms with Crippen LogP contribution in [0.4, 0.5) is 10.1 Å². The van der Waals surface area contributed by atoms with Gasteiger partial charge >= 0.3 is 0 Å². The number of carbonyl (C=O) groups is 1. The third-order valence-electron chi connectivity index (χ3n) is 3.48. The fourth-order valence-corrected chi connectivity index (χ4v) is 3.00. The van der Waals surface area contributed by atoms with Gasteiger partial charge in [0.15, 0.2) is 0 Å². The highest BCUT2D eigenvalue weighted by Gasteiger charge is 2.12. The number of anilines is 1. The van der Waals surface area contributed by atoms with Gasteiger partial charge in [0.25, 0.3) is 0 Å². The van der Waals surface area contributed by atoms with Crippen LogP contribution < -0.4 is 5.32 Å². The summed E-state index contributed by atoms with van der Waals surface area (Å²) in [5, 5.41) is 14.6. The van der Waals surface area contributed by atoms with E-state index in [2.05, 4.69) is 20.8 Å². The van der Waals surface area contributed by atoms with Crippen molar-refractivity contribution in [3.05, 3.63) is 59.4 Å². The van der Waals surface area contributed by atoms with E-state index in [-0.39, 0.29) is 17.5 Å². The summed E-state index contributed by atoms with van der Waals surface area (Å²) in [5.41, 5.74) is 3.42. The van der Waals surface area contributed by atoms with E-state index in [4.69, 9.17) is 0 Å². The normalized spacial score (nSPS) is 10.7. The van der Waals surface area contributed by atoms with E-state index in [0.717, 1.165) is 16.8 Å². The van der Waals surface area contributed by atoms with E-state index >= 15 is 0 Å². The molecule has 128 valence electrons. The summed E-state index contributed by atoms with van der Waals surface area (Å²) in [6.45, 7) is 3.95. The average molecular weight is 357 g/mol. The number of amides is 1. The molecule has 0 saturated heterocycles. The largest absolute Gasteiger partial charge is 0.325 e. The second-order valence-electron chi connectivity index (χ2n) is 5.51. The molecule has 0 fully saturated rings. The van der Waals surface area contributed by atoms with Gasteiger partial charge in [-0.15, -0.1) is 5.10 Å². The Balaban J connectivity index is 1.66. The maximum atomic E-state index is 13.4. The standard InChI is InChI=1S/C17H16FN5OS/c1-11-6-7-15(12(2)8-11)19-16(24)10-25-17-20-21-22-23(17)14-5-3-4-13(18)9-14/h3-9H,10H2,1-2H3,(H,19,24). The van der Waals surface area contributed by atoms with Gasteiger partial charge in [-0.05, 0) is 54.1 Å². The first kappa shape index (κ1) is 17.1. The summed E-state index contributed by atoms with van der Waals surface area (Å²) in [7, 11) is 0. The average Bonchev–Trinajstić information content (AvgIpc) is 3.04. The van der Waals surface area contributed by atoms with Crippen LogP contribution in [-0.2, 0) is 4.79 Å². The molecule has 0 atom stereocenters. The lowest BCUT2D eigenvalue weighted by molar-refractivity contribution is -0.113. The van der Waals surface area contributed by atoms with E-state index in [9.17, 15) is 9.18 Å². The van der Waals surface area contributed by atoms with Crippen molar-refractivity contribution in [1.82, 2.24) is 20.2 Å². The fourth-order valence-electron chi connectivity index (χ4n) is 2.31. The van der Waals surface area contributed by atoms with E-state index < -0.39 is 0 Å². The highest BCUT2D eigenvalue weighted by atomic mass is 32.2. The molecule has 25 heavy (non-hydrogen) atoms. The highest BCUT2D eigenvalue weighted by molar-refractivity contribution is 7.99. The van der Waals surface area contributed by atoms with Crippen molar-refractivity contribution in [3.63, 3.8) is 0 Å². The highest BCUT2D eigenvalue weighted by Crippen LogP contribution is 2.20. The number of halogens is 1. The Hall–Kier alpha value is -2.74. The van der Waals surface area contributed by atoms with Crippen LogP contribution in [-0.4, -0.2) is 31.9 Å². The zero-order chi connectivity index (χ0) is 17.8. The SMILES string of the molecule is Cc1ccc(NC(=O)CSc2nnnn2-c2cccc(F)c2)c(C)c1. The number of thioether (sulfide) groups is 1. The van der Waals surface area contributed by atoms with Crippen molar-refractivity contribution in [1.29, 1.82) is 0 Å². The van der Waals surface area contributed by atoms with Crippen molar-refractivity contribution < 1.29 is 9.18 Å². The molecule has 0 bridgehead atoms. The van der Waals surface area contributed by atoms with Gasteiger partial charge in [0.2, 0.25) is 11.1 Å². The number of hydrogen-bond acceptors (Lipinski definition) is 5. The summed E-state index contributed by atoms with van der Waals surface area (Å²) in [6, 6.07) is 11.8. The van der Waals surface area contributed by atoms with Crippen LogP contribution in [0, 0.1) is 19.7 Å². The monoisotopic (exact) mass is 357 g/mol. The Morgan fingerprint density at radius 2 is 2.08 bits per heavy atom. The minimum Gasteiger partial charge on any atom is -0.325 e. The first-order valence-electron chi connectivity index (χ1n) is 7.57. The van der Waals surface area contributed by atoms with Gasteiger partial charge in [0.05, 0.1) is 11.4 Å². The molecular formula is C17H16FN5OS. The molecule has 1 amide bonds. The molecule has 1 heterocycles. The maximum Gasteiger partial charge on any atom is 0.234 e. The van der Waals surface area contributed by atoms with Crippen LogP contribution in [0.2, 0.25) is 0 Å². The lowest BCUT2D eigenvalue weighted by Crippen LogP contribution is -2.15. The van der Waals surface area contributed by atoms with Crippen molar-refractivity contribution in [3.8, 4) is 5.69 Å². The molecule has 0 aliphatic rings. The minimum atomic E-state index is -0.378. The van der Waals surface area contributed by atoms with Crippen molar-refractivity contribution >= 4 is 23.4 Å². The van der Waals surface area contributed by atoms with Crippen molar-refractivity contribution in [2.75, 3.05) is 11.1 Å². The molecule has 0 aliphatic carbocycles. The molecule has 3 rings (SSSR count). The summed E-state index contributed by atoms with van der Waals surface area (Å²) in [6.07, 6.45) is 0. The predicted molar refractivity (Wildman–Crippen MR) is 94.4 cm³/mol. The van der Waals surface area contributed by atoms with E-state index in [0.29, 0.717) is 10.8 Å². The molecule has 0 radical (unpaired) electrons. The first-order valence-corrected chi connectivity index (χ1v) is 8.56. The smallest absolute Gasteiger partial charge is 0.234 e. The number of aryl methyl sites for hydroxylation is 2. The van der Waals surface area contributed by atoms with Crippen LogP contribution in [0.15, 0.2) is 47.6 Å². The minimum absolute atomic E-state index is 0.142. The van der Waals surface area contributed by atoms with E-state index in [1.165, 1.54) is 28.6 Å². The van der Waals surface area contributed by atoms with Crippen LogP contribution in [0.25, 0.3) is 5.69 Å². The number of nitrogens with one attached hydrogen (secondary N) is 1.